The van der Waals surface area contributed by atoms with Gasteiger partial charge < -0.3 is 0 Å². The van der Waals surface area contributed by atoms with Gasteiger partial charge in [-0.2, -0.15) is 5.01 Å². The summed E-state index contributed by atoms with van der Waals surface area (Å²) in [6.45, 7) is 1.04. The van der Waals surface area contributed by atoms with Crippen LogP contribution in [-0.4, -0.2) is 49.9 Å². The Morgan fingerprint density at radius 1 is 0.972 bits per heavy atom. The zero-order valence-electron chi connectivity index (χ0n) is 19.0. The van der Waals surface area contributed by atoms with E-state index in [1.54, 1.807) is 13.0 Å². The van der Waals surface area contributed by atoms with Gasteiger partial charge in [-0.25, -0.2) is 5.01 Å². The fourth-order valence-electron chi connectivity index (χ4n) is 4.50. The Kier molecular flexibility index (Phi) is 6.43. The molecule has 1 fully saturated rings. The summed E-state index contributed by atoms with van der Waals surface area (Å²) in [6, 6.07) is 9.38. The lowest BCUT2D eigenvalue weighted by Gasteiger charge is -2.30. The standard InChI is InChI=1S/C24H20N4O8/c1-14-4-2-7-19-21(14)24(32)26(23(19)31)25(22(30)16-5-3-6-18(12-16)28(35)36)13-20(29)15-8-10-17(11-9-15)27(33)34/h2-6,8-12,14,19,21H,7,13H2,1H3/t14-,19+,21-/m1/s1. The van der Waals surface area contributed by atoms with Crippen molar-refractivity contribution in [2.24, 2.45) is 17.8 Å². The smallest absolute Gasteiger partial charge is 0.273 e. The molecule has 0 N–H and O–H groups in total. The molecular formula is C24H20N4O8. The van der Waals surface area contributed by atoms with Crippen LogP contribution in [0.3, 0.4) is 0 Å². The SMILES string of the molecule is C[C@@H]1C=CC[C@@H]2C(=O)N(N(CC(=O)c3ccc([N+](=O)[O-])cc3)C(=O)c3cccc([N+](=O)[O-])c3)C(=O)[C@H]12. The molecule has 0 saturated carbocycles. The fraction of sp³-hybridized carbons (Fsp3) is 0.250. The van der Waals surface area contributed by atoms with Crippen LogP contribution in [0, 0.1) is 38.0 Å². The number of nitrogens with zero attached hydrogens (tertiary/aromatic N) is 4. The monoisotopic (exact) mass is 492 g/mol. The van der Waals surface area contributed by atoms with Crippen LogP contribution in [0.25, 0.3) is 0 Å². The average Bonchev–Trinajstić information content (AvgIpc) is 3.12. The maximum atomic E-state index is 13.5. The first kappa shape index (κ1) is 24.4. The Labute approximate surface area is 204 Å². The molecule has 3 atom stereocenters. The van der Waals surface area contributed by atoms with Crippen molar-refractivity contribution < 1.29 is 29.0 Å². The quantitative estimate of drug-likeness (QED) is 0.187. The van der Waals surface area contributed by atoms with E-state index >= 15 is 0 Å². The minimum atomic E-state index is -0.949. The first-order valence-electron chi connectivity index (χ1n) is 11.0. The third-order valence-corrected chi connectivity index (χ3v) is 6.32. The minimum Gasteiger partial charge on any atom is -0.292 e. The van der Waals surface area contributed by atoms with E-state index in [-0.39, 0.29) is 28.4 Å². The van der Waals surface area contributed by atoms with Gasteiger partial charge in [0.25, 0.3) is 29.1 Å². The zero-order chi connectivity index (χ0) is 26.1. The van der Waals surface area contributed by atoms with E-state index in [4.69, 9.17) is 0 Å². The average molecular weight is 492 g/mol. The second kappa shape index (κ2) is 9.49. The molecule has 1 saturated heterocycles. The lowest BCUT2D eigenvalue weighted by Crippen LogP contribution is -2.52. The highest BCUT2D eigenvalue weighted by Gasteiger charge is 2.53. The van der Waals surface area contributed by atoms with Gasteiger partial charge in [0.2, 0.25) is 0 Å². The second-order valence-electron chi connectivity index (χ2n) is 8.54. The van der Waals surface area contributed by atoms with E-state index in [0.717, 1.165) is 18.2 Å². The second-order valence-corrected chi connectivity index (χ2v) is 8.54. The van der Waals surface area contributed by atoms with Crippen LogP contribution in [0.15, 0.2) is 60.7 Å². The third-order valence-electron chi connectivity index (χ3n) is 6.32. The van der Waals surface area contributed by atoms with Crippen LogP contribution in [0.4, 0.5) is 11.4 Å². The number of hydrazine groups is 1. The zero-order valence-corrected chi connectivity index (χ0v) is 19.0. The van der Waals surface area contributed by atoms with Crippen LogP contribution in [0.5, 0.6) is 0 Å². The Morgan fingerprint density at radius 3 is 2.25 bits per heavy atom. The molecule has 1 aliphatic carbocycles. The third kappa shape index (κ3) is 4.35. The highest BCUT2D eigenvalue weighted by atomic mass is 16.6. The van der Waals surface area contributed by atoms with Gasteiger partial charge in [-0.05, 0) is 30.5 Å². The number of Topliss-reactive ketones (excluding diaryl/α,β-unsaturated/α-hetero) is 1. The number of ketones is 1. The van der Waals surface area contributed by atoms with E-state index in [9.17, 15) is 39.4 Å². The molecule has 4 rings (SSSR count). The summed E-state index contributed by atoms with van der Waals surface area (Å²) in [5, 5.41) is 23.5. The predicted octanol–water partition coefficient (Wildman–Crippen LogP) is 2.94. The largest absolute Gasteiger partial charge is 0.292 e. The molecule has 184 valence electrons. The molecule has 12 heteroatoms. The maximum Gasteiger partial charge on any atom is 0.273 e. The number of amides is 3. The Hall–Kier alpha value is -4.74. The molecule has 0 aromatic heterocycles. The topological polar surface area (TPSA) is 161 Å². The first-order chi connectivity index (χ1) is 17.1. The van der Waals surface area contributed by atoms with Crippen molar-refractivity contribution in [3.8, 4) is 0 Å². The molecule has 3 amide bonds. The summed E-state index contributed by atoms with van der Waals surface area (Å²) in [5.74, 6) is -4.61. The molecule has 36 heavy (non-hydrogen) atoms. The summed E-state index contributed by atoms with van der Waals surface area (Å²) in [7, 11) is 0. The number of imide groups is 1. The molecule has 1 heterocycles. The van der Waals surface area contributed by atoms with Crippen molar-refractivity contribution in [2.75, 3.05) is 6.54 Å². The fourth-order valence-corrected chi connectivity index (χ4v) is 4.50. The summed E-state index contributed by atoms with van der Waals surface area (Å²) >= 11 is 0. The highest BCUT2D eigenvalue weighted by molar-refractivity contribution is 6.10. The molecule has 1 aliphatic heterocycles. The molecular weight excluding hydrogens is 472 g/mol. The molecule has 12 nitrogen and oxygen atoms in total. The number of carbonyl (C=O) groups excluding carboxylic acids is 4. The number of nitro groups is 2. The summed E-state index contributed by atoms with van der Waals surface area (Å²) < 4.78 is 0. The van der Waals surface area contributed by atoms with Gasteiger partial charge in [-0.1, -0.05) is 25.1 Å². The van der Waals surface area contributed by atoms with E-state index < -0.39 is 51.7 Å². The summed E-state index contributed by atoms with van der Waals surface area (Å²) in [4.78, 5) is 73.9. The minimum absolute atomic E-state index is 0.0176. The van der Waals surface area contributed by atoms with Crippen molar-refractivity contribution in [3.05, 3.63) is 92.0 Å². The van der Waals surface area contributed by atoms with Gasteiger partial charge in [0.15, 0.2) is 5.78 Å². The van der Waals surface area contributed by atoms with Crippen LogP contribution < -0.4 is 0 Å². The van der Waals surface area contributed by atoms with Gasteiger partial charge in [0.1, 0.15) is 6.54 Å². The first-order valence-corrected chi connectivity index (χ1v) is 11.0. The number of carbonyl (C=O) groups is 4. The normalized spacial score (nSPS) is 20.7. The lowest BCUT2D eigenvalue weighted by molar-refractivity contribution is -0.385. The number of rotatable bonds is 7. The van der Waals surface area contributed by atoms with Gasteiger partial charge in [0.05, 0.1) is 21.7 Å². The van der Waals surface area contributed by atoms with Crippen LogP contribution >= 0.6 is 0 Å². The van der Waals surface area contributed by atoms with Crippen LogP contribution in [0.1, 0.15) is 34.1 Å². The molecule has 0 radical (unpaired) electrons. The van der Waals surface area contributed by atoms with E-state index in [1.165, 1.54) is 30.3 Å². The number of hydrogen-bond donors (Lipinski definition) is 0. The van der Waals surface area contributed by atoms with Crippen molar-refractivity contribution in [2.45, 2.75) is 13.3 Å². The Balaban J connectivity index is 1.71. The molecule has 0 unspecified atom stereocenters. The number of hydrogen-bond acceptors (Lipinski definition) is 8. The van der Waals surface area contributed by atoms with Crippen molar-refractivity contribution in [3.63, 3.8) is 0 Å². The predicted molar refractivity (Wildman–Crippen MR) is 123 cm³/mol. The van der Waals surface area contributed by atoms with Gasteiger partial charge >= 0.3 is 0 Å². The van der Waals surface area contributed by atoms with E-state index in [1.807, 2.05) is 6.08 Å². The molecule has 2 aromatic carbocycles. The Bertz CT molecular complexity index is 1320. The molecule has 2 aromatic rings. The van der Waals surface area contributed by atoms with E-state index in [0.29, 0.717) is 16.4 Å². The highest BCUT2D eigenvalue weighted by Crippen LogP contribution is 2.39. The van der Waals surface area contributed by atoms with Crippen LogP contribution in [-0.2, 0) is 9.59 Å². The van der Waals surface area contributed by atoms with Crippen molar-refractivity contribution in [1.29, 1.82) is 0 Å². The molecule has 2 aliphatic rings. The lowest BCUT2D eigenvalue weighted by atomic mass is 9.78. The van der Waals surface area contributed by atoms with Gasteiger partial charge in [-0.3, -0.25) is 39.4 Å². The number of fused-ring (bicyclic) bond motifs is 1. The molecule has 0 bridgehead atoms. The maximum absolute atomic E-state index is 13.5. The number of nitro benzene ring substituents is 2. The number of allylic oxidation sites excluding steroid dienone is 2. The molecule has 0 spiro atoms. The van der Waals surface area contributed by atoms with E-state index in [2.05, 4.69) is 0 Å². The number of benzene rings is 2. The number of non-ortho nitro benzene ring substituents is 2. The summed E-state index contributed by atoms with van der Waals surface area (Å²) in [5.41, 5.74) is -0.800. The van der Waals surface area contributed by atoms with Crippen molar-refractivity contribution in [1.82, 2.24) is 10.0 Å². The summed E-state index contributed by atoms with van der Waals surface area (Å²) in [6.07, 6.45) is 3.89. The van der Waals surface area contributed by atoms with Gasteiger partial charge in [-0.15, -0.1) is 0 Å². The van der Waals surface area contributed by atoms with Gasteiger partial charge in [0, 0.05) is 35.4 Å². The van der Waals surface area contributed by atoms with Crippen LogP contribution in [0.2, 0.25) is 0 Å². The Morgan fingerprint density at radius 2 is 1.64 bits per heavy atom. The van der Waals surface area contributed by atoms with Crippen molar-refractivity contribution >= 4 is 34.9 Å².